The molecule has 4 aliphatic rings. The van der Waals surface area contributed by atoms with E-state index in [2.05, 4.69) is 27.0 Å². The fourth-order valence-corrected chi connectivity index (χ4v) is 7.68. The fraction of sp³-hybridized carbons (Fsp3) is 0.469. The van der Waals surface area contributed by atoms with Gasteiger partial charge in [-0.2, -0.15) is 9.97 Å². The molecule has 8 rings (SSSR count). The monoisotopic (exact) mass is 572 g/mol. The lowest BCUT2D eigenvalue weighted by molar-refractivity contribution is 0.107. The van der Waals surface area contributed by atoms with Crippen LogP contribution in [-0.4, -0.2) is 83.0 Å². The first-order valence-corrected chi connectivity index (χ1v) is 15.1. The van der Waals surface area contributed by atoms with E-state index in [1.54, 1.807) is 0 Å². The van der Waals surface area contributed by atoms with Crippen LogP contribution in [0.25, 0.3) is 32.9 Å². The number of ether oxygens (including phenoxy) is 2. The van der Waals surface area contributed by atoms with E-state index in [9.17, 15) is 4.39 Å². The van der Waals surface area contributed by atoms with E-state index in [1.807, 2.05) is 42.5 Å². The Morgan fingerprint density at radius 3 is 2.90 bits per heavy atom. The molecule has 42 heavy (non-hydrogen) atoms. The maximum absolute atomic E-state index is 16.7. The fourth-order valence-electron chi connectivity index (χ4n) is 7.68. The van der Waals surface area contributed by atoms with Gasteiger partial charge in [0.2, 0.25) is 5.88 Å². The highest BCUT2D eigenvalue weighted by molar-refractivity contribution is 6.01. The lowest BCUT2D eigenvalue weighted by atomic mass is 9.95. The molecule has 3 saturated heterocycles. The van der Waals surface area contributed by atoms with Gasteiger partial charge in [0.05, 0.1) is 11.6 Å². The van der Waals surface area contributed by atoms with Crippen LogP contribution < -0.4 is 19.7 Å². The zero-order chi connectivity index (χ0) is 28.4. The van der Waals surface area contributed by atoms with E-state index in [0.29, 0.717) is 48.8 Å². The lowest BCUT2D eigenvalue weighted by Crippen LogP contribution is -2.60. The molecule has 0 spiro atoms. The van der Waals surface area contributed by atoms with Gasteiger partial charge in [0.1, 0.15) is 41.8 Å². The summed E-state index contributed by atoms with van der Waals surface area (Å²) in [6.45, 7) is 5.55. The van der Waals surface area contributed by atoms with Crippen molar-refractivity contribution in [2.75, 3.05) is 44.3 Å². The normalized spacial score (nSPS) is 27.1. The summed E-state index contributed by atoms with van der Waals surface area (Å²) < 4.78 is 43.9. The molecule has 0 aliphatic carbocycles. The van der Waals surface area contributed by atoms with Gasteiger partial charge in [-0.25, -0.2) is 13.8 Å². The molecule has 4 atom stereocenters. The maximum Gasteiger partial charge on any atom is 0.319 e. The second kappa shape index (κ2) is 9.98. The topological polar surface area (TPSA) is 75.6 Å². The standard InChI is InChI=1S/C32H34F2N6O2/c1-2-23-24-17-41-30-25-28(26(34)27(36-30)22-10-5-8-19-7-3-4-9-21(19)22)37-31(38-29(25)40(24)14-12-35-23)42-18-32-11-6-13-39(32)16-20(33)15-32/h3-5,7-10,20,23-24,35H,2,6,11-18H2,1H3/t20-,23+,24-,32+/m1/s1. The molecule has 0 radical (unpaired) electrons. The summed E-state index contributed by atoms with van der Waals surface area (Å²) >= 11 is 0. The van der Waals surface area contributed by atoms with Gasteiger partial charge >= 0.3 is 6.01 Å². The highest BCUT2D eigenvalue weighted by atomic mass is 19.1. The van der Waals surface area contributed by atoms with Crippen molar-refractivity contribution >= 4 is 27.5 Å². The Hall–Kier alpha value is -3.63. The van der Waals surface area contributed by atoms with Crippen LogP contribution in [0.15, 0.2) is 42.5 Å². The average Bonchev–Trinajstić information content (AvgIpc) is 3.49. The Bertz CT molecular complexity index is 1680. The van der Waals surface area contributed by atoms with Crippen LogP contribution in [0.1, 0.15) is 32.6 Å². The minimum absolute atomic E-state index is 0.0148. The molecule has 2 aromatic heterocycles. The van der Waals surface area contributed by atoms with Crippen LogP contribution in [0.4, 0.5) is 14.6 Å². The predicted octanol–water partition coefficient (Wildman–Crippen LogP) is 4.89. The molecule has 0 bridgehead atoms. The van der Waals surface area contributed by atoms with Crippen LogP contribution in [0, 0.1) is 5.82 Å². The molecule has 2 aromatic carbocycles. The molecular weight excluding hydrogens is 538 g/mol. The van der Waals surface area contributed by atoms with Crippen molar-refractivity contribution in [3.8, 4) is 23.1 Å². The number of benzene rings is 2. The summed E-state index contributed by atoms with van der Waals surface area (Å²) in [5, 5.41) is 5.95. The Morgan fingerprint density at radius 1 is 1.12 bits per heavy atom. The molecule has 10 heteroatoms. The third kappa shape index (κ3) is 4.02. The van der Waals surface area contributed by atoms with Crippen molar-refractivity contribution in [1.82, 2.24) is 25.2 Å². The molecule has 1 N–H and O–H groups in total. The lowest BCUT2D eigenvalue weighted by Gasteiger charge is -2.41. The number of rotatable bonds is 5. The maximum atomic E-state index is 16.7. The van der Waals surface area contributed by atoms with E-state index in [4.69, 9.17) is 19.4 Å². The number of alkyl halides is 1. The summed E-state index contributed by atoms with van der Waals surface area (Å²) in [5.41, 5.74) is 0.624. The number of nitrogens with one attached hydrogen (secondary N) is 1. The molecule has 4 aromatic rings. The first-order chi connectivity index (χ1) is 20.5. The minimum atomic E-state index is -0.866. The molecule has 8 nitrogen and oxygen atoms in total. The van der Waals surface area contributed by atoms with Crippen LogP contribution >= 0.6 is 0 Å². The van der Waals surface area contributed by atoms with Gasteiger partial charge in [0, 0.05) is 37.7 Å². The molecule has 218 valence electrons. The Morgan fingerprint density at radius 2 is 2.00 bits per heavy atom. The molecule has 0 amide bonds. The predicted molar refractivity (Wildman–Crippen MR) is 157 cm³/mol. The molecule has 4 aliphatic heterocycles. The number of nitrogens with zero attached hydrogens (tertiary/aromatic N) is 5. The van der Waals surface area contributed by atoms with Gasteiger partial charge in [-0.05, 0) is 36.6 Å². The van der Waals surface area contributed by atoms with Crippen molar-refractivity contribution in [3.05, 3.63) is 48.3 Å². The van der Waals surface area contributed by atoms with Crippen LogP contribution in [0.3, 0.4) is 0 Å². The number of pyridine rings is 1. The van der Waals surface area contributed by atoms with Crippen molar-refractivity contribution in [2.24, 2.45) is 0 Å². The number of piperazine rings is 1. The first-order valence-electron chi connectivity index (χ1n) is 15.1. The molecule has 0 saturated carbocycles. The number of halogens is 2. The van der Waals surface area contributed by atoms with Gasteiger partial charge in [-0.1, -0.05) is 49.4 Å². The third-order valence-electron chi connectivity index (χ3n) is 9.71. The van der Waals surface area contributed by atoms with E-state index < -0.39 is 12.0 Å². The van der Waals surface area contributed by atoms with E-state index in [0.717, 1.165) is 43.1 Å². The quantitative estimate of drug-likeness (QED) is 0.363. The van der Waals surface area contributed by atoms with Crippen LogP contribution in [-0.2, 0) is 0 Å². The molecule has 6 heterocycles. The zero-order valence-electron chi connectivity index (χ0n) is 23.7. The molecule has 3 fully saturated rings. The summed E-state index contributed by atoms with van der Waals surface area (Å²) in [5.74, 6) is 0.379. The van der Waals surface area contributed by atoms with Crippen molar-refractivity contribution < 1.29 is 18.3 Å². The smallest absolute Gasteiger partial charge is 0.319 e. The van der Waals surface area contributed by atoms with E-state index in [1.165, 1.54) is 0 Å². The second-order valence-electron chi connectivity index (χ2n) is 12.1. The summed E-state index contributed by atoms with van der Waals surface area (Å²) in [4.78, 5) is 18.8. The second-order valence-corrected chi connectivity index (χ2v) is 12.1. The molecule has 0 unspecified atom stereocenters. The number of anilines is 1. The Kier molecular flexibility index (Phi) is 6.19. The highest BCUT2D eigenvalue weighted by Gasteiger charge is 2.49. The summed E-state index contributed by atoms with van der Waals surface area (Å²) in [6, 6.07) is 13.9. The summed E-state index contributed by atoms with van der Waals surface area (Å²) in [6.07, 6.45) is 2.36. The average molecular weight is 573 g/mol. The van der Waals surface area contributed by atoms with Gasteiger partial charge in [-0.3, -0.25) is 4.90 Å². The Balaban J connectivity index is 1.29. The van der Waals surface area contributed by atoms with E-state index >= 15 is 4.39 Å². The van der Waals surface area contributed by atoms with Crippen LogP contribution in [0.5, 0.6) is 11.9 Å². The Labute approximate surface area is 243 Å². The van der Waals surface area contributed by atoms with Crippen molar-refractivity contribution in [3.63, 3.8) is 0 Å². The first kappa shape index (κ1) is 26.0. The SMILES string of the molecule is CC[C@@H]1NCCN2c3nc(OC[C@@]45CCCN4C[C@H](F)C5)nc4c(F)c(-c5cccc6ccccc56)nc(c34)OC[C@H]12. The van der Waals surface area contributed by atoms with Crippen molar-refractivity contribution in [2.45, 2.75) is 56.4 Å². The van der Waals surface area contributed by atoms with Gasteiger partial charge in [0.25, 0.3) is 0 Å². The number of hydrogen-bond acceptors (Lipinski definition) is 8. The number of fused-ring (bicyclic) bond motifs is 4. The third-order valence-corrected chi connectivity index (χ3v) is 9.71. The zero-order valence-corrected chi connectivity index (χ0v) is 23.7. The van der Waals surface area contributed by atoms with Gasteiger partial charge < -0.3 is 19.7 Å². The summed E-state index contributed by atoms with van der Waals surface area (Å²) in [7, 11) is 0. The van der Waals surface area contributed by atoms with Crippen LogP contribution in [0.2, 0.25) is 0 Å². The van der Waals surface area contributed by atoms with E-state index in [-0.39, 0.29) is 41.5 Å². The number of hydrogen-bond donors (Lipinski definition) is 1. The number of aromatic nitrogens is 3. The minimum Gasteiger partial charge on any atom is -0.475 e. The van der Waals surface area contributed by atoms with Gasteiger partial charge in [0.15, 0.2) is 5.82 Å². The van der Waals surface area contributed by atoms with Gasteiger partial charge in [-0.15, -0.1) is 0 Å². The molecular formula is C32H34F2N6O2. The highest BCUT2D eigenvalue weighted by Crippen LogP contribution is 2.43. The van der Waals surface area contributed by atoms with Crippen molar-refractivity contribution in [1.29, 1.82) is 0 Å². The largest absolute Gasteiger partial charge is 0.475 e.